The van der Waals surface area contributed by atoms with Gasteiger partial charge in [0.1, 0.15) is 5.82 Å². The van der Waals surface area contributed by atoms with Gasteiger partial charge in [-0.25, -0.2) is 4.39 Å². The van der Waals surface area contributed by atoms with E-state index in [2.05, 4.69) is 10.6 Å². The molecule has 104 valence electrons. The summed E-state index contributed by atoms with van der Waals surface area (Å²) in [6.07, 6.45) is 0. The first-order chi connectivity index (χ1) is 9.02. The van der Waals surface area contributed by atoms with Crippen LogP contribution in [0.15, 0.2) is 12.1 Å². The van der Waals surface area contributed by atoms with Gasteiger partial charge in [0.25, 0.3) is 0 Å². The summed E-state index contributed by atoms with van der Waals surface area (Å²) in [6, 6.07) is 2.14. The highest BCUT2D eigenvalue weighted by Crippen LogP contribution is 2.32. The summed E-state index contributed by atoms with van der Waals surface area (Å²) in [7, 11) is 1.76. The third-order valence-electron chi connectivity index (χ3n) is 3.04. The average molecular weight is 307 g/mol. The van der Waals surface area contributed by atoms with Crippen molar-refractivity contribution in [1.29, 1.82) is 0 Å². The SMILES string of the molecule is CNC1COCC1C(=O)Nc1c(Cl)cc(F)cc1Cl. The molecule has 0 aliphatic carbocycles. The molecule has 2 atom stereocenters. The van der Waals surface area contributed by atoms with E-state index in [1.807, 2.05) is 0 Å². The maximum absolute atomic E-state index is 13.1. The topological polar surface area (TPSA) is 50.4 Å². The van der Waals surface area contributed by atoms with Crippen LogP contribution in [0.25, 0.3) is 0 Å². The summed E-state index contributed by atoms with van der Waals surface area (Å²) in [5.41, 5.74) is 0.219. The number of halogens is 3. The summed E-state index contributed by atoms with van der Waals surface area (Å²) >= 11 is 11.7. The second kappa shape index (κ2) is 6.05. The van der Waals surface area contributed by atoms with Crippen molar-refractivity contribution in [2.45, 2.75) is 6.04 Å². The smallest absolute Gasteiger partial charge is 0.231 e. The molecule has 1 fully saturated rings. The predicted molar refractivity (Wildman–Crippen MR) is 72.2 cm³/mol. The van der Waals surface area contributed by atoms with Crippen molar-refractivity contribution in [3.8, 4) is 0 Å². The molecule has 1 heterocycles. The molecule has 2 N–H and O–H groups in total. The Balaban J connectivity index is 2.15. The lowest BCUT2D eigenvalue weighted by Crippen LogP contribution is -2.39. The molecule has 1 aliphatic rings. The Labute approximate surface area is 120 Å². The minimum Gasteiger partial charge on any atom is -0.379 e. The Bertz CT molecular complexity index is 476. The van der Waals surface area contributed by atoms with E-state index in [1.54, 1.807) is 7.05 Å². The summed E-state index contributed by atoms with van der Waals surface area (Å²) < 4.78 is 18.3. The van der Waals surface area contributed by atoms with Gasteiger partial charge in [-0.15, -0.1) is 0 Å². The Morgan fingerprint density at radius 3 is 2.58 bits per heavy atom. The zero-order valence-corrected chi connectivity index (χ0v) is 11.7. The molecule has 19 heavy (non-hydrogen) atoms. The van der Waals surface area contributed by atoms with Gasteiger partial charge in [-0.05, 0) is 19.2 Å². The second-order valence-electron chi connectivity index (χ2n) is 4.27. The second-order valence-corrected chi connectivity index (χ2v) is 5.09. The average Bonchev–Trinajstić information content (AvgIpc) is 2.81. The maximum Gasteiger partial charge on any atom is 0.231 e. The van der Waals surface area contributed by atoms with Gasteiger partial charge in [0, 0.05) is 6.04 Å². The van der Waals surface area contributed by atoms with Gasteiger partial charge >= 0.3 is 0 Å². The van der Waals surface area contributed by atoms with Gasteiger partial charge in [-0.2, -0.15) is 0 Å². The molecule has 2 unspecified atom stereocenters. The molecule has 0 saturated carbocycles. The Morgan fingerprint density at radius 2 is 2.00 bits per heavy atom. The molecular formula is C12H13Cl2FN2O2. The quantitative estimate of drug-likeness (QED) is 0.901. The fourth-order valence-corrected chi connectivity index (χ4v) is 2.53. The zero-order valence-electron chi connectivity index (χ0n) is 10.2. The van der Waals surface area contributed by atoms with Gasteiger partial charge in [-0.3, -0.25) is 4.79 Å². The molecule has 0 bridgehead atoms. The fraction of sp³-hybridized carbons (Fsp3) is 0.417. The summed E-state index contributed by atoms with van der Waals surface area (Å²) in [6.45, 7) is 0.799. The van der Waals surface area contributed by atoms with Crippen LogP contribution in [0.2, 0.25) is 10.0 Å². The number of rotatable bonds is 3. The maximum atomic E-state index is 13.1. The van der Waals surface area contributed by atoms with Gasteiger partial charge in [0.15, 0.2) is 0 Å². The monoisotopic (exact) mass is 306 g/mol. The molecule has 1 aromatic carbocycles. The molecule has 1 aliphatic heterocycles. The number of ether oxygens (including phenoxy) is 1. The third-order valence-corrected chi connectivity index (χ3v) is 3.64. The zero-order chi connectivity index (χ0) is 14.0. The van der Waals surface area contributed by atoms with E-state index in [0.29, 0.717) is 13.2 Å². The number of amides is 1. The number of carbonyl (C=O) groups excluding carboxylic acids is 1. The lowest BCUT2D eigenvalue weighted by Gasteiger charge is -2.17. The third kappa shape index (κ3) is 3.17. The molecule has 4 nitrogen and oxygen atoms in total. The Morgan fingerprint density at radius 1 is 1.37 bits per heavy atom. The highest BCUT2D eigenvalue weighted by atomic mass is 35.5. The van der Waals surface area contributed by atoms with Crippen molar-refractivity contribution >= 4 is 34.8 Å². The summed E-state index contributed by atoms with van der Waals surface area (Å²) in [5, 5.41) is 5.77. The first-order valence-corrected chi connectivity index (χ1v) is 6.49. The van der Waals surface area contributed by atoms with E-state index in [-0.39, 0.29) is 33.6 Å². The van der Waals surface area contributed by atoms with Crippen LogP contribution in [0.3, 0.4) is 0 Å². The molecule has 0 aromatic heterocycles. The van der Waals surface area contributed by atoms with Gasteiger partial charge in [0.05, 0.1) is 34.9 Å². The molecule has 0 radical (unpaired) electrons. The number of carbonyl (C=O) groups is 1. The molecule has 1 amide bonds. The van der Waals surface area contributed by atoms with Crippen LogP contribution in [0.1, 0.15) is 0 Å². The molecular weight excluding hydrogens is 294 g/mol. The van der Waals surface area contributed by atoms with E-state index in [0.717, 1.165) is 12.1 Å². The minimum absolute atomic E-state index is 0.0574. The van der Waals surface area contributed by atoms with Crippen molar-refractivity contribution in [3.05, 3.63) is 28.0 Å². The fourth-order valence-electron chi connectivity index (χ4n) is 1.97. The van der Waals surface area contributed by atoms with Crippen molar-refractivity contribution in [3.63, 3.8) is 0 Å². The Kier molecular flexibility index (Phi) is 4.62. The van der Waals surface area contributed by atoms with Gasteiger partial charge < -0.3 is 15.4 Å². The number of hydrogen-bond donors (Lipinski definition) is 2. The first kappa shape index (κ1) is 14.5. The molecule has 2 rings (SSSR count). The summed E-state index contributed by atoms with van der Waals surface area (Å²) in [4.78, 5) is 12.1. The van der Waals surface area contributed by atoms with Gasteiger partial charge in [-0.1, -0.05) is 23.2 Å². The first-order valence-electron chi connectivity index (χ1n) is 5.73. The van der Waals surface area contributed by atoms with E-state index in [9.17, 15) is 9.18 Å². The number of hydrogen-bond acceptors (Lipinski definition) is 3. The van der Waals surface area contributed by atoms with E-state index >= 15 is 0 Å². The molecule has 0 spiro atoms. The van der Waals surface area contributed by atoms with Crippen LogP contribution in [0.4, 0.5) is 10.1 Å². The summed E-state index contributed by atoms with van der Waals surface area (Å²) in [5.74, 6) is -1.14. The molecule has 7 heteroatoms. The van der Waals surface area contributed by atoms with Crippen molar-refractivity contribution in [2.24, 2.45) is 5.92 Å². The Hall–Kier alpha value is -0.880. The van der Waals surface area contributed by atoms with Crippen LogP contribution in [0, 0.1) is 11.7 Å². The number of anilines is 1. The van der Waals surface area contributed by atoms with Crippen LogP contribution < -0.4 is 10.6 Å². The standard InChI is InChI=1S/C12H13Cl2FN2O2/c1-16-10-5-19-4-7(10)12(18)17-11-8(13)2-6(15)3-9(11)14/h2-3,7,10,16H,4-5H2,1H3,(H,17,18). The van der Waals surface area contributed by atoms with E-state index in [1.165, 1.54) is 0 Å². The highest BCUT2D eigenvalue weighted by molar-refractivity contribution is 6.39. The van der Waals surface area contributed by atoms with Crippen LogP contribution in [-0.4, -0.2) is 32.2 Å². The largest absolute Gasteiger partial charge is 0.379 e. The van der Waals surface area contributed by atoms with E-state index in [4.69, 9.17) is 27.9 Å². The lowest BCUT2D eigenvalue weighted by atomic mass is 10.0. The van der Waals surface area contributed by atoms with Crippen molar-refractivity contribution in [2.75, 3.05) is 25.6 Å². The van der Waals surface area contributed by atoms with Crippen LogP contribution in [-0.2, 0) is 9.53 Å². The number of nitrogens with one attached hydrogen (secondary N) is 2. The lowest BCUT2D eigenvalue weighted by molar-refractivity contribution is -0.120. The molecule has 1 aromatic rings. The van der Waals surface area contributed by atoms with Crippen LogP contribution >= 0.6 is 23.2 Å². The van der Waals surface area contributed by atoms with Crippen LogP contribution in [0.5, 0.6) is 0 Å². The van der Waals surface area contributed by atoms with Crippen molar-refractivity contribution in [1.82, 2.24) is 5.32 Å². The number of benzene rings is 1. The number of likely N-dealkylation sites (N-methyl/N-ethyl adjacent to an activating group) is 1. The normalized spacial score (nSPS) is 22.5. The van der Waals surface area contributed by atoms with Crippen molar-refractivity contribution < 1.29 is 13.9 Å². The van der Waals surface area contributed by atoms with Gasteiger partial charge in [0.2, 0.25) is 5.91 Å². The van der Waals surface area contributed by atoms with E-state index < -0.39 is 5.82 Å². The highest BCUT2D eigenvalue weighted by Gasteiger charge is 2.33. The minimum atomic E-state index is -0.551. The predicted octanol–water partition coefficient (Wildman–Crippen LogP) is 2.31. The molecule has 1 saturated heterocycles.